The number of nitrogen functional groups attached to an aromatic ring is 1. The number of carbonyl (C=O) groups excluding carboxylic acids is 1. The van der Waals surface area contributed by atoms with E-state index in [1.165, 1.54) is 5.56 Å². The Labute approximate surface area is 132 Å². The van der Waals surface area contributed by atoms with Gasteiger partial charge in [0.05, 0.1) is 17.8 Å². The van der Waals surface area contributed by atoms with E-state index in [1.807, 2.05) is 37.4 Å². The molecular formula is C16H16BrN3O. The average Bonchev–Trinajstić information content (AvgIpc) is 2.79. The number of fused-ring (bicyclic) bond motifs is 1. The number of hydrogen-bond donors (Lipinski definition) is 2. The molecule has 1 heterocycles. The maximum atomic E-state index is 11.5. The lowest BCUT2D eigenvalue weighted by atomic mass is 10.1. The second kappa shape index (κ2) is 5.41. The molecule has 0 aliphatic carbocycles. The maximum absolute atomic E-state index is 11.5. The minimum Gasteiger partial charge on any atom is -0.397 e. The lowest BCUT2D eigenvalue weighted by molar-refractivity contribution is -0.115. The molecule has 4 nitrogen and oxygen atoms in total. The van der Waals surface area contributed by atoms with E-state index in [0.29, 0.717) is 12.1 Å². The molecule has 0 unspecified atom stereocenters. The number of hydrogen-bond acceptors (Lipinski definition) is 3. The SMILES string of the molecule is CN(Cc1ccccc1Br)c1cc2c(cc1N)CC(=O)N2. The monoisotopic (exact) mass is 345 g/mol. The number of halogens is 1. The summed E-state index contributed by atoms with van der Waals surface area (Å²) in [6.07, 6.45) is 0.410. The molecule has 3 rings (SSSR count). The van der Waals surface area contributed by atoms with Gasteiger partial charge in [0.2, 0.25) is 5.91 Å². The second-order valence-electron chi connectivity index (χ2n) is 5.24. The highest BCUT2D eigenvalue weighted by molar-refractivity contribution is 9.10. The fraction of sp³-hybridized carbons (Fsp3) is 0.188. The highest BCUT2D eigenvalue weighted by atomic mass is 79.9. The zero-order valence-corrected chi connectivity index (χ0v) is 13.3. The highest BCUT2D eigenvalue weighted by Crippen LogP contribution is 2.34. The number of nitrogens with two attached hydrogens (primary N) is 1. The molecule has 2 aromatic rings. The normalized spacial score (nSPS) is 13.0. The van der Waals surface area contributed by atoms with Gasteiger partial charge in [-0.2, -0.15) is 0 Å². The van der Waals surface area contributed by atoms with Gasteiger partial charge in [0.15, 0.2) is 0 Å². The van der Waals surface area contributed by atoms with Crippen LogP contribution in [0.4, 0.5) is 17.1 Å². The minimum atomic E-state index is 0.0232. The number of amides is 1. The Hall–Kier alpha value is -2.01. The predicted octanol–water partition coefficient (Wildman–Crippen LogP) is 3.16. The summed E-state index contributed by atoms with van der Waals surface area (Å²) >= 11 is 3.56. The van der Waals surface area contributed by atoms with Crippen LogP contribution in [0.3, 0.4) is 0 Å². The van der Waals surface area contributed by atoms with Gasteiger partial charge in [0, 0.05) is 23.8 Å². The third-order valence-corrected chi connectivity index (χ3v) is 4.43. The smallest absolute Gasteiger partial charge is 0.228 e. The zero-order valence-electron chi connectivity index (χ0n) is 11.7. The zero-order chi connectivity index (χ0) is 15.0. The van der Waals surface area contributed by atoms with Gasteiger partial charge in [-0.25, -0.2) is 0 Å². The molecule has 0 atom stereocenters. The largest absolute Gasteiger partial charge is 0.397 e. The molecule has 0 spiro atoms. The van der Waals surface area contributed by atoms with E-state index >= 15 is 0 Å². The van der Waals surface area contributed by atoms with Crippen LogP contribution < -0.4 is 16.0 Å². The van der Waals surface area contributed by atoms with E-state index in [0.717, 1.165) is 28.0 Å². The van der Waals surface area contributed by atoms with Crippen LogP contribution in [-0.2, 0) is 17.8 Å². The van der Waals surface area contributed by atoms with Gasteiger partial charge < -0.3 is 16.0 Å². The molecule has 3 N–H and O–H groups in total. The van der Waals surface area contributed by atoms with E-state index in [9.17, 15) is 4.79 Å². The molecule has 108 valence electrons. The third-order valence-electron chi connectivity index (χ3n) is 3.65. The van der Waals surface area contributed by atoms with Crippen molar-refractivity contribution >= 4 is 38.9 Å². The van der Waals surface area contributed by atoms with Crippen molar-refractivity contribution in [3.63, 3.8) is 0 Å². The lowest BCUT2D eigenvalue weighted by Crippen LogP contribution is -2.18. The summed E-state index contributed by atoms with van der Waals surface area (Å²) in [6.45, 7) is 0.734. The first-order valence-electron chi connectivity index (χ1n) is 6.71. The third kappa shape index (κ3) is 2.74. The van der Waals surface area contributed by atoms with Gasteiger partial charge in [-0.1, -0.05) is 34.1 Å². The molecule has 0 radical (unpaired) electrons. The standard InChI is InChI=1S/C16H16BrN3O/c1-20(9-10-4-2-3-5-12(10)17)15-8-14-11(6-13(15)18)7-16(21)19-14/h2-6,8H,7,9,18H2,1H3,(H,19,21). The molecule has 0 bridgehead atoms. The second-order valence-corrected chi connectivity index (χ2v) is 6.09. The first-order valence-corrected chi connectivity index (χ1v) is 7.50. The Balaban J connectivity index is 1.89. The molecule has 21 heavy (non-hydrogen) atoms. The summed E-state index contributed by atoms with van der Waals surface area (Å²) in [7, 11) is 1.99. The first-order chi connectivity index (χ1) is 10.0. The van der Waals surface area contributed by atoms with Crippen LogP contribution in [0, 0.1) is 0 Å². The van der Waals surface area contributed by atoms with Gasteiger partial charge in [-0.05, 0) is 29.3 Å². The summed E-state index contributed by atoms with van der Waals surface area (Å²) in [6, 6.07) is 11.9. The fourth-order valence-corrected chi connectivity index (χ4v) is 2.99. The van der Waals surface area contributed by atoms with Crippen molar-refractivity contribution in [1.29, 1.82) is 0 Å². The van der Waals surface area contributed by atoms with E-state index in [1.54, 1.807) is 0 Å². The summed E-state index contributed by atoms with van der Waals surface area (Å²) in [5.41, 5.74) is 10.8. The Morgan fingerprint density at radius 2 is 2.10 bits per heavy atom. The lowest BCUT2D eigenvalue weighted by Gasteiger charge is -2.22. The van der Waals surface area contributed by atoms with Crippen molar-refractivity contribution in [2.45, 2.75) is 13.0 Å². The maximum Gasteiger partial charge on any atom is 0.228 e. The van der Waals surface area contributed by atoms with Crippen molar-refractivity contribution in [3.8, 4) is 0 Å². The molecule has 0 fully saturated rings. The van der Waals surface area contributed by atoms with Crippen LogP contribution in [0.25, 0.3) is 0 Å². The van der Waals surface area contributed by atoms with Gasteiger partial charge >= 0.3 is 0 Å². The van der Waals surface area contributed by atoms with Crippen molar-refractivity contribution in [2.24, 2.45) is 0 Å². The molecule has 0 saturated carbocycles. The summed E-state index contributed by atoms with van der Waals surface area (Å²) in [4.78, 5) is 13.5. The van der Waals surface area contributed by atoms with Gasteiger partial charge in [0.1, 0.15) is 0 Å². The number of anilines is 3. The van der Waals surface area contributed by atoms with E-state index < -0.39 is 0 Å². The average molecular weight is 346 g/mol. The van der Waals surface area contributed by atoms with Crippen LogP contribution in [-0.4, -0.2) is 13.0 Å². The fourth-order valence-electron chi connectivity index (χ4n) is 2.58. The van der Waals surface area contributed by atoms with E-state index in [2.05, 4.69) is 32.2 Å². The Kier molecular flexibility index (Phi) is 3.59. The first kappa shape index (κ1) is 13.9. The summed E-state index contributed by atoms with van der Waals surface area (Å²) < 4.78 is 1.07. The Morgan fingerprint density at radius 1 is 1.33 bits per heavy atom. The van der Waals surface area contributed by atoms with Crippen LogP contribution in [0.15, 0.2) is 40.9 Å². The summed E-state index contributed by atoms with van der Waals surface area (Å²) in [5.74, 6) is 0.0232. The molecule has 2 aromatic carbocycles. The quantitative estimate of drug-likeness (QED) is 0.840. The van der Waals surface area contributed by atoms with Crippen LogP contribution in [0.5, 0.6) is 0 Å². The van der Waals surface area contributed by atoms with Crippen molar-refractivity contribution < 1.29 is 4.79 Å². The van der Waals surface area contributed by atoms with Gasteiger partial charge in [0.25, 0.3) is 0 Å². The van der Waals surface area contributed by atoms with Crippen molar-refractivity contribution in [1.82, 2.24) is 0 Å². The van der Waals surface area contributed by atoms with Crippen molar-refractivity contribution in [2.75, 3.05) is 23.0 Å². The van der Waals surface area contributed by atoms with E-state index in [-0.39, 0.29) is 5.91 Å². The number of benzene rings is 2. The predicted molar refractivity (Wildman–Crippen MR) is 89.4 cm³/mol. The highest BCUT2D eigenvalue weighted by Gasteiger charge is 2.20. The molecule has 5 heteroatoms. The number of nitrogens with zero attached hydrogens (tertiary/aromatic N) is 1. The Bertz CT molecular complexity index is 715. The number of carbonyl (C=O) groups is 1. The van der Waals surface area contributed by atoms with Gasteiger partial charge in [-0.3, -0.25) is 4.79 Å². The van der Waals surface area contributed by atoms with Crippen LogP contribution >= 0.6 is 15.9 Å². The Morgan fingerprint density at radius 3 is 2.86 bits per heavy atom. The molecule has 1 amide bonds. The van der Waals surface area contributed by atoms with Crippen LogP contribution in [0.2, 0.25) is 0 Å². The molecule has 1 aliphatic heterocycles. The van der Waals surface area contributed by atoms with Crippen LogP contribution in [0.1, 0.15) is 11.1 Å². The molecule has 1 aliphatic rings. The molecule has 0 aromatic heterocycles. The number of rotatable bonds is 3. The van der Waals surface area contributed by atoms with Crippen molar-refractivity contribution in [3.05, 3.63) is 52.0 Å². The minimum absolute atomic E-state index is 0.0232. The molecule has 0 saturated heterocycles. The van der Waals surface area contributed by atoms with Gasteiger partial charge in [-0.15, -0.1) is 0 Å². The molecular weight excluding hydrogens is 330 g/mol. The summed E-state index contributed by atoms with van der Waals surface area (Å²) in [5, 5.41) is 2.86. The van der Waals surface area contributed by atoms with E-state index in [4.69, 9.17) is 5.73 Å². The topological polar surface area (TPSA) is 58.4 Å². The number of nitrogens with one attached hydrogen (secondary N) is 1.